The van der Waals surface area contributed by atoms with E-state index < -0.39 is 12.0 Å². The van der Waals surface area contributed by atoms with Crippen LogP contribution >= 0.6 is 11.3 Å². The SMILES string of the molecule is Cc1ccc(-c2ncc(CN3CC[C@@H](C(=O)N4CCC(O)(Cn5cnc6c(ccn6-c6ccc(OC(F)(F)F)cc6)c5=O)CC4)[C@H](c4ccccc4)C3)s2)cn1. The maximum Gasteiger partial charge on any atom is 0.573 e. The molecule has 2 atom stereocenters. The molecule has 2 aliphatic heterocycles. The Balaban J connectivity index is 0.913. The van der Waals surface area contributed by atoms with Gasteiger partial charge in [-0.1, -0.05) is 30.3 Å². The quantitative estimate of drug-likeness (QED) is 0.175. The molecule has 0 spiro atoms. The molecule has 0 saturated carbocycles. The molecule has 4 aromatic heterocycles. The highest BCUT2D eigenvalue weighted by molar-refractivity contribution is 7.15. The maximum atomic E-state index is 14.2. The molecule has 0 radical (unpaired) electrons. The third kappa shape index (κ3) is 8.11. The number of likely N-dealkylation sites (tertiary alicyclic amines) is 2. The molecule has 2 aromatic carbocycles. The van der Waals surface area contributed by atoms with E-state index >= 15 is 0 Å². The van der Waals surface area contributed by atoms with Gasteiger partial charge in [0.15, 0.2) is 5.65 Å². The highest BCUT2D eigenvalue weighted by Gasteiger charge is 2.41. The minimum Gasteiger partial charge on any atom is -0.406 e. The van der Waals surface area contributed by atoms with E-state index in [2.05, 4.69) is 36.7 Å². The van der Waals surface area contributed by atoms with Crippen LogP contribution in [0.15, 0.2) is 103 Å². The van der Waals surface area contributed by atoms with Gasteiger partial charge in [0, 0.05) is 78.4 Å². The predicted molar refractivity (Wildman–Crippen MR) is 205 cm³/mol. The summed E-state index contributed by atoms with van der Waals surface area (Å²) < 4.78 is 44.8. The number of hydrogen-bond donors (Lipinski definition) is 1. The summed E-state index contributed by atoms with van der Waals surface area (Å²) in [5, 5.41) is 12.9. The number of carbonyl (C=O) groups is 1. The number of rotatable bonds is 9. The van der Waals surface area contributed by atoms with Crippen molar-refractivity contribution in [1.82, 2.24) is 33.9 Å². The average molecular weight is 784 g/mol. The number of halogens is 3. The first-order valence-electron chi connectivity index (χ1n) is 18.5. The van der Waals surface area contributed by atoms with Crippen LogP contribution in [-0.4, -0.2) is 83.0 Å². The lowest BCUT2D eigenvalue weighted by Crippen LogP contribution is -2.53. The van der Waals surface area contributed by atoms with Gasteiger partial charge in [0.05, 0.1) is 17.5 Å². The molecule has 0 aliphatic carbocycles. The van der Waals surface area contributed by atoms with Gasteiger partial charge in [0.25, 0.3) is 5.56 Å². The number of hydrogen-bond acceptors (Lipinski definition) is 9. The zero-order chi connectivity index (χ0) is 39.0. The fourth-order valence-electron chi connectivity index (χ4n) is 7.86. The van der Waals surface area contributed by atoms with Crippen molar-refractivity contribution >= 4 is 28.3 Å². The van der Waals surface area contributed by atoms with Crippen molar-refractivity contribution in [3.63, 3.8) is 0 Å². The van der Waals surface area contributed by atoms with Crippen molar-refractivity contribution in [1.29, 1.82) is 0 Å². The Morgan fingerprint density at radius 1 is 0.964 bits per heavy atom. The fraction of sp³-hybridized carbons (Fsp3) is 0.341. The Kier molecular flexibility index (Phi) is 10.2. The van der Waals surface area contributed by atoms with Crippen molar-refractivity contribution in [3.8, 4) is 22.0 Å². The van der Waals surface area contributed by atoms with Gasteiger partial charge in [0.2, 0.25) is 5.91 Å². The van der Waals surface area contributed by atoms with E-state index in [1.807, 2.05) is 54.5 Å². The Morgan fingerprint density at radius 2 is 1.73 bits per heavy atom. The minimum atomic E-state index is -4.80. The molecule has 1 amide bonds. The first kappa shape index (κ1) is 37.5. The second-order valence-electron chi connectivity index (χ2n) is 14.7. The molecule has 2 fully saturated rings. The Hall–Kier alpha value is -5.38. The number of thiazole rings is 1. The second kappa shape index (κ2) is 15.3. The molecule has 2 saturated heterocycles. The van der Waals surface area contributed by atoms with Crippen LogP contribution in [0.25, 0.3) is 27.3 Å². The molecule has 6 heterocycles. The summed E-state index contributed by atoms with van der Waals surface area (Å²) in [6.07, 6.45) is 3.30. The van der Waals surface area contributed by atoms with Crippen LogP contribution in [0.3, 0.4) is 0 Å². The lowest BCUT2D eigenvalue weighted by atomic mass is 9.79. The first-order chi connectivity index (χ1) is 26.9. The van der Waals surface area contributed by atoms with Gasteiger partial charge in [-0.2, -0.15) is 0 Å². The van der Waals surface area contributed by atoms with Gasteiger partial charge in [-0.05, 0) is 80.8 Å². The zero-order valence-corrected chi connectivity index (χ0v) is 31.4. The second-order valence-corrected chi connectivity index (χ2v) is 15.8. The van der Waals surface area contributed by atoms with Crippen LogP contribution in [0.5, 0.6) is 5.75 Å². The molecule has 56 heavy (non-hydrogen) atoms. The number of ether oxygens (including phenoxy) is 1. The van der Waals surface area contributed by atoms with Crippen LogP contribution in [-0.2, 0) is 17.9 Å². The van der Waals surface area contributed by atoms with Crippen LogP contribution in [0, 0.1) is 12.8 Å². The number of nitrogens with zero attached hydrogens (tertiary/aromatic N) is 7. The molecular weight excluding hydrogens is 744 g/mol. The monoisotopic (exact) mass is 783 g/mol. The summed E-state index contributed by atoms with van der Waals surface area (Å²) in [4.78, 5) is 46.8. The first-order valence-corrected chi connectivity index (χ1v) is 19.3. The maximum absolute atomic E-state index is 14.2. The molecule has 6 aromatic rings. The van der Waals surface area contributed by atoms with Crippen LogP contribution in [0.4, 0.5) is 13.2 Å². The number of pyridine rings is 1. The number of benzene rings is 2. The van der Waals surface area contributed by atoms with Gasteiger partial charge >= 0.3 is 6.36 Å². The summed E-state index contributed by atoms with van der Waals surface area (Å²) in [5.74, 6) is -0.472. The van der Waals surface area contributed by atoms with E-state index in [1.165, 1.54) is 35.2 Å². The Bertz CT molecular complexity index is 2370. The molecule has 0 unspecified atom stereocenters. The van der Waals surface area contributed by atoms with Crippen molar-refractivity contribution in [2.75, 3.05) is 26.2 Å². The highest BCUT2D eigenvalue weighted by Crippen LogP contribution is 2.37. The molecule has 2 aliphatic rings. The van der Waals surface area contributed by atoms with Gasteiger partial charge in [-0.3, -0.25) is 24.0 Å². The lowest BCUT2D eigenvalue weighted by molar-refractivity contribution is -0.274. The van der Waals surface area contributed by atoms with E-state index in [9.17, 15) is 27.9 Å². The summed E-state index contributed by atoms with van der Waals surface area (Å²) in [6.45, 7) is 4.95. The van der Waals surface area contributed by atoms with Crippen molar-refractivity contribution < 1.29 is 27.8 Å². The molecule has 1 N–H and O–H groups in total. The number of aliphatic hydroxyl groups is 1. The lowest BCUT2D eigenvalue weighted by Gasteiger charge is -2.43. The van der Waals surface area contributed by atoms with E-state index in [-0.39, 0.29) is 35.6 Å². The van der Waals surface area contributed by atoms with E-state index in [4.69, 9.17) is 0 Å². The standard InChI is InChI=1S/C41H40F3N7O4S/c1-27-7-8-29(21-45-27)37-46-22-32(56-37)23-48-17-13-33(35(24-48)28-5-3-2-4-6-28)38(52)49-19-15-40(54,16-20-49)25-50-26-47-36-34(39(50)53)14-18-51(36)30-9-11-31(12-10-30)55-41(42,43)44/h2-12,14,18,21-22,26,33,35,54H,13,15-17,19-20,23-25H2,1H3/t33-,35+/m1/s1. The minimum absolute atomic E-state index is 0.00166. The molecule has 15 heteroatoms. The number of alkyl halides is 3. The summed E-state index contributed by atoms with van der Waals surface area (Å²) in [7, 11) is 0. The molecule has 8 rings (SSSR count). The number of piperidine rings is 2. The number of carbonyl (C=O) groups excluding carboxylic acids is 1. The van der Waals surface area contributed by atoms with Gasteiger partial charge in [-0.25, -0.2) is 9.97 Å². The molecule has 11 nitrogen and oxygen atoms in total. The van der Waals surface area contributed by atoms with Crippen LogP contribution in [0.2, 0.25) is 0 Å². The van der Waals surface area contributed by atoms with Gasteiger partial charge in [-0.15, -0.1) is 24.5 Å². The highest BCUT2D eigenvalue weighted by atomic mass is 32.1. The predicted octanol–water partition coefficient (Wildman–Crippen LogP) is 6.57. The average Bonchev–Trinajstić information content (AvgIpc) is 3.84. The normalized spacial score (nSPS) is 19.0. The fourth-order valence-corrected chi connectivity index (χ4v) is 8.81. The number of aromatic nitrogens is 5. The van der Waals surface area contributed by atoms with Gasteiger partial charge in [0.1, 0.15) is 17.1 Å². The van der Waals surface area contributed by atoms with E-state index in [0.29, 0.717) is 49.1 Å². The number of amides is 1. The number of aryl methyl sites for hydroxylation is 1. The third-order valence-corrected chi connectivity index (χ3v) is 11.9. The summed E-state index contributed by atoms with van der Waals surface area (Å²) in [6, 6.07) is 21.1. The topological polar surface area (TPSA) is 119 Å². The van der Waals surface area contributed by atoms with Gasteiger partial charge < -0.3 is 19.3 Å². The summed E-state index contributed by atoms with van der Waals surface area (Å²) >= 11 is 1.66. The Morgan fingerprint density at radius 3 is 2.45 bits per heavy atom. The zero-order valence-electron chi connectivity index (χ0n) is 30.6. The van der Waals surface area contributed by atoms with Crippen molar-refractivity contribution in [2.45, 2.75) is 57.2 Å². The summed E-state index contributed by atoms with van der Waals surface area (Å²) in [5.41, 5.74) is 2.35. The van der Waals surface area contributed by atoms with Crippen molar-refractivity contribution in [2.24, 2.45) is 5.92 Å². The Labute approximate surface area is 324 Å². The number of fused-ring (bicyclic) bond motifs is 1. The third-order valence-electron chi connectivity index (χ3n) is 10.8. The molecule has 0 bridgehead atoms. The molecule has 290 valence electrons. The molecular formula is C41H40F3N7O4S. The van der Waals surface area contributed by atoms with Crippen LogP contribution < -0.4 is 10.3 Å². The van der Waals surface area contributed by atoms with Crippen LogP contribution in [0.1, 0.15) is 41.3 Å². The van der Waals surface area contributed by atoms with E-state index in [1.54, 1.807) is 28.2 Å². The van der Waals surface area contributed by atoms with Crippen molar-refractivity contribution in [3.05, 3.63) is 124 Å². The smallest absolute Gasteiger partial charge is 0.406 e. The largest absolute Gasteiger partial charge is 0.573 e. The van der Waals surface area contributed by atoms with E-state index in [0.717, 1.165) is 46.3 Å².